The van der Waals surface area contributed by atoms with Crippen molar-refractivity contribution in [2.75, 3.05) is 19.7 Å². The second-order valence-electron chi connectivity index (χ2n) is 4.87. The van der Waals surface area contributed by atoms with E-state index in [1.165, 1.54) is 4.31 Å². The molecule has 2 rings (SSSR count). The Kier molecular flexibility index (Phi) is 4.56. The summed E-state index contributed by atoms with van der Waals surface area (Å²) in [6.45, 7) is 1.31. The molecule has 0 unspecified atom stereocenters. The fourth-order valence-corrected chi connectivity index (χ4v) is 3.38. The number of aliphatic hydroxyl groups is 1. The minimum absolute atomic E-state index is 0.136. The number of hydrogen-bond acceptors (Lipinski definition) is 4. The lowest BCUT2D eigenvalue weighted by Gasteiger charge is -2.30. The number of aryl methyl sites for hydroxylation is 1. The zero-order valence-electron chi connectivity index (χ0n) is 11.0. The Morgan fingerprint density at radius 2 is 2.16 bits per heavy atom. The predicted molar refractivity (Wildman–Crippen MR) is 70.4 cm³/mol. The van der Waals surface area contributed by atoms with E-state index in [2.05, 4.69) is 9.82 Å². The predicted octanol–water partition coefficient (Wildman–Crippen LogP) is -0.541. The van der Waals surface area contributed by atoms with E-state index in [-0.39, 0.29) is 19.1 Å². The molecule has 1 aromatic rings. The first-order valence-corrected chi connectivity index (χ1v) is 7.78. The molecule has 0 atom stereocenters. The maximum atomic E-state index is 12.1. The van der Waals surface area contributed by atoms with Crippen LogP contribution in [0.2, 0.25) is 0 Å². The summed E-state index contributed by atoms with van der Waals surface area (Å²) in [5, 5.41) is 13.0. The average molecular weight is 288 g/mol. The summed E-state index contributed by atoms with van der Waals surface area (Å²) in [5.74, 6) is 0.227. The van der Waals surface area contributed by atoms with E-state index >= 15 is 0 Å². The summed E-state index contributed by atoms with van der Waals surface area (Å²) in [6, 6.07) is 0. The molecule has 2 heterocycles. The van der Waals surface area contributed by atoms with Crippen molar-refractivity contribution in [1.82, 2.24) is 18.8 Å². The molecule has 0 spiro atoms. The second-order valence-corrected chi connectivity index (χ2v) is 6.63. The number of hydrogen-bond donors (Lipinski definition) is 2. The maximum absolute atomic E-state index is 12.1. The number of rotatable bonds is 5. The third-order valence-electron chi connectivity index (χ3n) is 3.39. The van der Waals surface area contributed by atoms with Gasteiger partial charge in [0.15, 0.2) is 0 Å². The van der Waals surface area contributed by atoms with Crippen LogP contribution in [-0.4, -0.2) is 47.3 Å². The lowest BCUT2D eigenvalue weighted by atomic mass is 10.00. The van der Waals surface area contributed by atoms with Crippen molar-refractivity contribution in [2.24, 2.45) is 13.0 Å². The van der Waals surface area contributed by atoms with Gasteiger partial charge in [0.05, 0.1) is 6.20 Å². The lowest BCUT2D eigenvalue weighted by Crippen LogP contribution is -2.45. The minimum atomic E-state index is -3.44. The van der Waals surface area contributed by atoms with Gasteiger partial charge < -0.3 is 5.11 Å². The number of aromatic nitrogens is 2. The standard InChI is InChI=1S/C11H20N4O3S/c1-14-8-11(6-12-14)7-13-19(17,18)15-4-2-10(9-16)3-5-15/h6,8,10,13,16H,2-5,7,9H2,1H3. The molecule has 19 heavy (non-hydrogen) atoms. The van der Waals surface area contributed by atoms with Crippen LogP contribution in [-0.2, 0) is 23.8 Å². The van der Waals surface area contributed by atoms with Crippen molar-refractivity contribution in [3.63, 3.8) is 0 Å². The first-order valence-electron chi connectivity index (χ1n) is 6.34. The van der Waals surface area contributed by atoms with Gasteiger partial charge in [-0.3, -0.25) is 4.68 Å². The first kappa shape index (κ1) is 14.4. The van der Waals surface area contributed by atoms with Crippen LogP contribution in [0.4, 0.5) is 0 Å². The molecule has 7 nitrogen and oxygen atoms in total. The van der Waals surface area contributed by atoms with Gasteiger partial charge in [-0.25, -0.2) is 0 Å². The largest absolute Gasteiger partial charge is 0.396 e. The monoisotopic (exact) mass is 288 g/mol. The van der Waals surface area contributed by atoms with Crippen LogP contribution in [0.5, 0.6) is 0 Å². The van der Waals surface area contributed by atoms with Crippen LogP contribution in [0.3, 0.4) is 0 Å². The molecule has 2 N–H and O–H groups in total. The van der Waals surface area contributed by atoms with E-state index in [1.54, 1.807) is 24.1 Å². The number of nitrogens with one attached hydrogen (secondary N) is 1. The Bertz CT molecular complexity index is 506. The van der Waals surface area contributed by atoms with Crippen LogP contribution in [0.15, 0.2) is 12.4 Å². The summed E-state index contributed by atoms with van der Waals surface area (Å²) in [4.78, 5) is 0. The van der Waals surface area contributed by atoms with Gasteiger partial charge in [0.2, 0.25) is 0 Å². The van der Waals surface area contributed by atoms with Crippen LogP contribution in [0, 0.1) is 5.92 Å². The van der Waals surface area contributed by atoms with E-state index < -0.39 is 10.2 Å². The van der Waals surface area contributed by atoms with E-state index in [9.17, 15) is 8.42 Å². The fourth-order valence-electron chi connectivity index (χ4n) is 2.16. The van der Waals surface area contributed by atoms with Crippen molar-refractivity contribution in [1.29, 1.82) is 0 Å². The average Bonchev–Trinajstić information content (AvgIpc) is 2.82. The molecule has 0 aliphatic carbocycles. The highest BCUT2D eigenvalue weighted by molar-refractivity contribution is 7.87. The molecule has 1 aromatic heterocycles. The smallest absolute Gasteiger partial charge is 0.279 e. The van der Waals surface area contributed by atoms with Gasteiger partial charge in [-0.15, -0.1) is 0 Å². The zero-order valence-corrected chi connectivity index (χ0v) is 11.8. The van der Waals surface area contributed by atoms with Crippen LogP contribution < -0.4 is 4.72 Å². The molecular formula is C11H20N4O3S. The summed E-state index contributed by atoms with van der Waals surface area (Å²) in [5.41, 5.74) is 0.830. The molecule has 108 valence electrons. The number of piperidine rings is 1. The number of nitrogens with zero attached hydrogens (tertiary/aromatic N) is 3. The van der Waals surface area contributed by atoms with Gasteiger partial charge in [-0.1, -0.05) is 0 Å². The molecule has 1 saturated heterocycles. The highest BCUT2D eigenvalue weighted by atomic mass is 32.2. The zero-order chi connectivity index (χ0) is 13.9. The van der Waals surface area contributed by atoms with Crippen molar-refractivity contribution in [2.45, 2.75) is 19.4 Å². The molecule has 1 aliphatic rings. The molecule has 8 heteroatoms. The molecule has 0 amide bonds. The first-order chi connectivity index (χ1) is 9.01. The molecular weight excluding hydrogens is 268 g/mol. The highest BCUT2D eigenvalue weighted by Gasteiger charge is 2.27. The Hall–Kier alpha value is -0.960. The van der Waals surface area contributed by atoms with Crippen molar-refractivity contribution >= 4 is 10.2 Å². The quantitative estimate of drug-likeness (QED) is 0.761. The van der Waals surface area contributed by atoms with Gasteiger partial charge in [0, 0.05) is 45.0 Å². The SMILES string of the molecule is Cn1cc(CNS(=O)(=O)N2CCC(CO)CC2)cn1. The molecule has 0 aromatic carbocycles. The van der Waals surface area contributed by atoms with E-state index in [0.717, 1.165) is 5.56 Å². The van der Waals surface area contributed by atoms with Crippen LogP contribution in [0.1, 0.15) is 18.4 Å². The maximum Gasteiger partial charge on any atom is 0.279 e. The van der Waals surface area contributed by atoms with Gasteiger partial charge in [-0.2, -0.15) is 22.5 Å². The van der Waals surface area contributed by atoms with Gasteiger partial charge in [0.25, 0.3) is 10.2 Å². The van der Waals surface area contributed by atoms with Gasteiger partial charge in [0.1, 0.15) is 0 Å². The Balaban J connectivity index is 1.88. The second kappa shape index (κ2) is 6.00. The summed E-state index contributed by atoms with van der Waals surface area (Å²) >= 11 is 0. The minimum Gasteiger partial charge on any atom is -0.396 e. The Labute approximate surface area is 113 Å². The van der Waals surface area contributed by atoms with Gasteiger partial charge >= 0.3 is 0 Å². The number of aliphatic hydroxyl groups excluding tert-OH is 1. The van der Waals surface area contributed by atoms with Crippen molar-refractivity contribution < 1.29 is 13.5 Å². The molecule has 1 aliphatic heterocycles. The van der Waals surface area contributed by atoms with Crippen LogP contribution in [0.25, 0.3) is 0 Å². The summed E-state index contributed by atoms with van der Waals surface area (Å²) in [6.07, 6.45) is 4.84. The topological polar surface area (TPSA) is 87.5 Å². The molecule has 0 saturated carbocycles. The summed E-state index contributed by atoms with van der Waals surface area (Å²) in [7, 11) is -1.65. The fraction of sp³-hybridized carbons (Fsp3) is 0.727. The molecule has 0 radical (unpaired) electrons. The molecule has 0 bridgehead atoms. The normalized spacial score (nSPS) is 18.8. The van der Waals surface area contributed by atoms with Crippen LogP contribution >= 0.6 is 0 Å². The van der Waals surface area contributed by atoms with Gasteiger partial charge in [-0.05, 0) is 18.8 Å². The van der Waals surface area contributed by atoms with Crippen molar-refractivity contribution in [3.8, 4) is 0 Å². The Morgan fingerprint density at radius 1 is 1.47 bits per heavy atom. The van der Waals surface area contributed by atoms with E-state index in [1.807, 2.05) is 0 Å². The van der Waals surface area contributed by atoms with E-state index in [4.69, 9.17) is 5.11 Å². The third-order valence-corrected chi connectivity index (χ3v) is 4.94. The lowest BCUT2D eigenvalue weighted by molar-refractivity contribution is 0.169. The Morgan fingerprint density at radius 3 is 2.68 bits per heavy atom. The molecule has 1 fully saturated rings. The highest BCUT2D eigenvalue weighted by Crippen LogP contribution is 2.18. The van der Waals surface area contributed by atoms with E-state index in [0.29, 0.717) is 25.9 Å². The third kappa shape index (κ3) is 3.75. The van der Waals surface area contributed by atoms with Crippen molar-refractivity contribution in [3.05, 3.63) is 18.0 Å². The summed E-state index contributed by atoms with van der Waals surface area (Å²) < 4.78 is 29.8.